The van der Waals surface area contributed by atoms with Crippen LogP contribution in [0.1, 0.15) is 11.1 Å². The van der Waals surface area contributed by atoms with Crippen LogP contribution in [0.2, 0.25) is 0 Å². The molecular formula is C23H24N6O15S5. The third-order valence-corrected chi connectivity index (χ3v) is 10.5. The normalized spacial score (nSPS) is 13.0. The van der Waals surface area contributed by atoms with E-state index in [-0.39, 0.29) is 41.5 Å². The van der Waals surface area contributed by atoms with Crippen LogP contribution in [0.5, 0.6) is 0 Å². The van der Waals surface area contributed by atoms with Crippen molar-refractivity contribution >= 4 is 84.4 Å². The molecule has 1 heterocycles. The van der Waals surface area contributed by atoms with Gasteiger partial charge in [0.25, 0.3) is 30.4 Å². The van der Waals surface area contributed by atoms with Crippen LogP contribution in [-0.4, -0.2) is 90.7 Å². The van der Waals surface area contributed by atoms with Gasteiger partial charge in [0, 0.05) is 29.4 Å². The molecule has 21 nitrogen and oxygen atoms in total. The number of fused-ring (bicyclic) bond motifs is 1. The van der Waals surface area contributed by atoms with Crippen LogP contribution in [0.25, 0.3) is 10.8 Å². The SMILES string of the molecule is C=CS(=O)(=O)CCNc1nc(NCCOS(=O)(=O)O)c(C#N)c(C)c1/N=N/c1cc2c(S(=O)(=O)O)cc(S(=O)(=O)O)cc2cc1S(=O)(=O)O. The van der Waals surface area contributed by atoms with Gasteiger partial charge in [0.2, 0.25) is 0 Å². The van der Waals surface area contributed by atoms with Gasteiger partial charge in [-0.05, 0) is 36.6 Å². The Labute approximate surface area is 279 Å². The van der Waals surface area contributed by atoms with E-state index in [1.54, 1.807) is 6.07 Å². The molecule has 0 saturated heterocycles. The summed E-state index contributed by atoms with van der Waals surface area (Å²) in [4.78, 5) is 0.921. The Morgan fingerprint density at radius 1 is 0.857 bits per heavy atom. The van der Waals surface area contributed by atoms with Gasteiger partial charge in [0.1, 0.15) is 33.1 Å². The zero-order valence-electron chi connectivity index (χ0n) is 24.5. The molecule has 49 heavy (non-hydrogen) atoms. The van der Waals surface area contributed by atoms with E-state index in [4.69, 9.17) is 4.55 Å². The molecule has 26 heteroatoms. The summed E-state index contributed by atoms with van der Waals surface area (Å²) in [7, 11) is -24.1. The molecule has 0 radical (unpaired) electrons. The molecule has 0 saturated carbocycles. The fourth-order valence-corrected chi connectivity index (χ4v) is 6.82. The quantitative estimate of drug-likeness (QED) is 0.0726. The summed E-state index contributed by atoms with van der Waals surface area (Å²) >= 11 is 0. The van der Waals surface area contributed by atoms with Crippen molar-refractivity contribution in [3.05, 3.63) is 47.4 Å². The number of nitrogens with one attached hydrogen (secondary N) is 2. The molecule has 0 atom stereocenters. The Bertz CT molecular complexity index is 2480. The molecule has 0 unspecified atom stereocenters. The number of nitrogens with zero attached hydrogens (tertiary/aromatic N) is 4. The van der Waals surface area contributed by atoms with Crippen LogP contribution in [0.3, 0.4) is 0 Å². The number of anilines is 2. The van der Waals surface area contributed by atoms with Crippen LogP contribution in [-0.2, 0) is 54.8 Å². The third kappa shape index (κ3) is 10.2. The van der Waals surface area contributed by atoms with Crippen LogP contribution >= 0.6 is 0 Å². The van der Waals surface area contributed by atoms with Gasteiger partial charge in [-0.3, -0.25) is 18.2 Å². The fraction of sp³-hybridized carbons (Fsp3) is 0.217. The zero-order chi connectivity index (χ0) is 37.2. The first kappa shape index (κ1) is 39.3. The lowest BCUT2D eigenvalue weighted by Crippen LogP contribution is -2.17. The summed E-state index contributed by atoms with van der Waals surface area (Å²) in [6.45, 7) is 3.19. The molecule has 3 aromatic rings. The maximum atomic E-state index is 12.3. The predicted molar refractivity (Wildman–Crippen MR) is 170 cm³/mol. The summed E-state index contributed by atoms with van der Waals surface area (Å²) in [6.07, 6.45) is 0. The highest BCUT2D eigenvalue weighted by atomic mass is 32.3. The van der Waals surface area contributed by atoms with E-state index < -0.39 is 94.1 Å². The molecule has 0 spiro atoms. The first-order chi connectivity index (χ1) is 22.4. The third-order valence-electron chi connectivity index (χ3n) is 6.17. The number of hydrogen-bond donors (Lipinski definition) is 6. The molecule has 0 aliphatic rings. The molecule has 0 fully saturated rings. The lowest BCUT2D eigenvalue weighted by molar-refractivity contribution is 0.278. The minimum atomic E-state index is -5.25. The van der Waals surface area contributed by atoms with Crippen molar-refractivity contribution in [2.24, 2.45) is 10.2 Å². The van der Waals surface area contributed by atoms with E-state index in [1.165, 1.54) is 6.92 Å². The minimum Gasteiger partial charge on any atom is -0.367 e. The highest BCUT2D eigenvalue weighted by Crippen LogP contribution is 2.38. The van der Waals surface area contributed by atoms with Crippen molar-refractivity contribution in [3.8, 4) is 6.07 Å². The van der Waals surface area contributed by atoms with E-state index in [1.807, 2.05) is 0 Å². The van der Waals surface area contributed by atoms with Crippen molar-refractivity contribution < 1.29 is 64.5 Å². The second-order valence-electron chi connectivity index (χ2n) is 9.49. The Morgan fingerprint density at radius 3 is 2.00 bits per heavy atom. The van der Waals surface area contributed by atoms with Gasteiger partial charge in [0.05, 0.1) is 22.8 Å². The fourth-order valence-electron chi connectivity index (χ4n) is 3.99. The monoisotopic (exact) mass is 784 g/mol. The lowest BCUT2D eigenvalue weighted by Gasteiger charge is -2.15. The maximum Gasteiger partial charge on any atom is 0.397 e. The Balaban J connectivity index is 2.29. The molecule has 2 aromatic carbocycles. The molecular weight excluding hydrogens is 761 g/mol. The van der Waals surface area contributed by atoms with Crippen molar-refractivity contribution in [3.63, 3.8) is 0 Å². The highest BCUT2D eigenvalue weighted by Gasteiger charge is 2.25. The Morgan fingerprint density at radius 2 is 1.47 bits per heavy atom. The predicted octanol–water partition coefficient (Wildman–Crippen LogP) is 1.77. The number of azo groups is 1. The second kappa shape index (κ2) is 14.4. The van der Waals surface area contributed by atoms with Crippen molar-refractivity contribution in [1.29, 1.82) is 5.26 Å². The molecule has 266 valence electrons. The van der Waals surface area contributed by atoms with Crippen LogP contribution in [0, 0.1) is 18.3 Å². The molecule has 0 aliphatic carbocycles. The van der Waals surface area contributed by atoms with Crippen LogP contribution in [0.4, 0.5) is 23.0 Å². The van der Waals surface area contributed by atoms with Crippen molar-refractivity contribution in [2.45, 2.75) is 21.6 Å². The van der Waals surface area contributed by atoms with Gasteiger partial charge in [-0.1, -0.05) is 6.58 Å². The first-order valence-corrected chi connectivity index (χ1v) is 20.1. The standard InChI is InChI=1S/C23H24N6O15S5/c1-3-45(30,31)7-5-26-23-21(13(2)17(12-24)22(27-23)25-4-6-44-49(41,42)43)29-28-18-11-16-14(9-20(18)48(38,39)40)8-15(46(32,33)34)10-19(16)47(35,36)37/h3,8-11H,1,4-7H2,2H3,(H2,25,26,27)(H,32,33,34)(H,35,36,37)(H,38,39,40)(H,41,42,43)/b29-28+. The summed E-state index contributed by atoms with van der Waals surface area (Å²) in [5.41, 5.74) is -1.41. The maximum absolute atomic E-state index is 12.3. The number of aromatic nitrogens is 1. The van der Waals surface area contributed by atoms with Crippen LogP contribution < -0.4 is 10.6 Å². The Hall–Kier alpha value is -4.17. The Kier molecular flexibility index (Phi) is 11.5. The van der Waals surface area contributed by atoms with E-state index in [2.05, 4.69) is 36.6 Å². The second-order valence-corrected chi connectivity index (χ2v) is 16.9. The van der Waals surface area contributed by atoms with E-state index in [9.17, 15) is 61.0 Å². The van der Waals surface area contributed by atoms with Gasteiger partial charge in [-0.25, -0.2) is 17.6 Å². The number of benzene rings is 2. The summed E-state index contributed by atoms with van der Waals surface area (Å²) < 4.78 is 160. The lowest BCUT2D eigenvalue weighted by atomic mass is 10.1. The number of sulfone groups is 1. The minimum absolute atomic E-state index is 0.0425. The largest absolute Gasteiger partial charge is 0.397 e. The average molecular weight is 785 g/mol. The topological polar surface area (TPSA) is 346 Å². The number of nitriles is 1. The number of pyridine rings is 1. The molecule has 1 aromatic heterocycles. The van der Waals surface area contributed by atoms with Gasteiger partial charge >= 0.3 is 10.4 Å². The van der Waals surface area contributed by atoms with E-state index in [0.29, 0.717) is 29.7 Å². The number of rotatable bonds is 15. The number of hydrogen-bond acceptors (Lipinski definition) is 17. The van der Waals surface area contributed by atoms with Crippen molar-refractivity contribution in [2.75, 3.05) is 36.1 Å². The summed E-state index contributed by atoms with van der Waals surface area (Å²) in [5, 5.41) is 22.4. The molecule has 0 aliphatic heterocycles. The summed E-state index contributed by atoms with van der Waals surface area (Å²) in [5.74, 6) is -1.03. The van der Waals surface area contributed by atoms with Crippen molar-refractivity contribution in [1.82, 2.24) is 4.98 Å². The van der Waals surface area contributed by atoms with Gasteiger partial charge < -0.3 is 10.6 Å². The highest BCUT2D eigenvalue weighted by molar-refractivity contribution is 7.94. The van der Waals surface area contributed by atoms with E-state index >= 15 is 0 Å². The van der Waals surface area contributed by atoms with Crippen LogP contribution in [0.15, 0.2) is 61.2 Å². The molecule has 6 N–H and O–H groups in total. The van der Waals surface area contributed by atoms with Gasteiger partial charge in [-0.2, -0.15) is 38.9 Å². The first-order valence-electron chi connectivity index (χ1n) is 12.7. The molecule has 0 amide bonds. The molecule has 3 rings (SSSR count). The molecule has 0 bridgehead atoms. The average Bonchev–Trinajstić information content (AvgIpc) is 2.96. The zero-order valence-corrected chi connectivity index (χ0v) is 28.6. The van der Waals surface area contributed by atoms with Gasteiger partial charge in [0.15, 0.2) is 15.7 Å². The summed E-state index contributed by atoms with van der Waals surface area (Å²) in [6, 6.07) is 4.10. The smallest absolute Gasteiger partial charge is 0.367 e. The van der Waals surface area contributed by atoms with E-state index in [0.717, 1.165) is 0 Å². The van der Waals surface area contributed by atoms with Gasteiger partial charge in [-0.15, -0.1) is 10.2 Å².